The number of aryl methyl sites for hydroxylation is 1. The van der Waals surface area contributed by atoms with Crippen LogP contribution >= 0.6 is 0 Å². The highest BCUT2D eigenvalue weighted by atomic mass is 19.4. The predicted octanol–water partition coefficient (Wildman–Crippen LogP) is 4.62. The van der Waals surface area contributed by atoms with Gasteiger partial charge in [-0.25, -0.2) is 4.39 Å². The first-order valence-corrected chi connectivity index (χ1v) is 9.00. The number of anilines is 1. The third kappa shape index (κ3) is 3.90. The van der Waals surface area contributed by atoms with E-state index in [1.54, 1.807) is 6.92 Å². The second-order valence-corrected chi connectivity index (χ2v) is 7.06. The first-order chi connectivity index (χ1) is 13.7. The van der Waals surface area contributed by atoms with Crippen molar-refractivity contribution >= 4 is 23.0 Å². The lowest BCUT2D eigenvalue weighted by molar-refractivity contribution is -0.138. The maximum Gasteiger partial charge on any atom is 0.417 e. The van der Waals surface area contributed by atoms with Gasteiger partial charge in [0.15, 0.2) is 5.58 Å². The van der Waals surface area contributed by atoms with Gasteiger partial charge in [-0.1, -0.05) is 11.6 Å². The summed E-state index contributed by atoms with van der Waals surface area (Å²) in [4.78, 5) is 18.3. The van der Waals surface area contributed by atoms with Crippen LogP contribution in [0.5, 0.6) is 0 Å². The fraction of sp³-hybridized carbons (Fsp3) is 0.300. The minimum atomic E-state index is -4.61. The standard InChI is InChI=1S/C20H17F4N3O2/c1-11-2-4-15(20(22,23)24)14(8-11)18(28)27-7-6-13(10-27)25-19-26-16-5-3-12(21)9-17(16)29-19/h2-5,8-9,13H,6-7,10H2,1H3,(H,25,26). The molecule has 1 aliphatic rings. The van der Waals surface area contributed by atoms with Crippen LogP contribution in [0, 0.1) is 12.7 Å². The molecule has 1 aromatic heterocycles. The van der Waals surface area contributed by atoms with Crippen LogP contribution in [0.25, 0.3) is 11.1 Å². The quantitative estimate of drug-likeness (QED) is 0.644. The van der Waals surface area contributed by atoms with E-state index in [9.17, 15) is 22.4 Å². The average Bonchev–Trinajstić information content (AvgIpc) is 3.26. The number of hydrogen-bond acceptors (Lipinski definition) is 4. The Morgan fingerprint density at radius 2 is 2.03 bits per heavy atom. The second-order valence-electron chi connectivity index (χ2n) is 7.06. The van der Waals surface area contributed by atoms with E-state index in [4.69, 9.17) is 4.42 Å². The summed E-state index contributed by atoms with van der Waals surface area (Å²) in [7, 11) is 0. The summed E-state index contributed by atoms with van der Waals surface area (Å²) in [5.74, 6) is -1.11. The lowest BCUT2D eigenvalue weighted by Crippen LogP contribution is -2.33. The summed E-state index contributed by atoms with van der Waals surface area (Å²) in [6.07, 6.45) is -4.09. The molecule has 0 spiro atoms. The van der Waals surface area contributed by atoms with Gasteiger partial charge in [-0.05, 0) is 37.6 Å². The maximum absolute atomic E-state index is 13.3. The van der Waals surface area contributed by atoms with E-state index in [1.165, 1.54) is 35.2 Å². The zero-order chi connectivity index (χ0) is 20.8. The summed E-state index contributed by atoms with van der Waals surface area (Å²) in [6, 6.07) is 7.45. The highest BCUT2D eigenvalue weighted by Gasteiger charge is 2.37. The van der Waals surface area contributed by atoms with Crippen molar-refractivity contribution in [2.45, 2.75) is 25.6 Å². The molecule has 1 fully saturated rings. The summed E-state index contributed by atoms with van der Waals surface area (Å²) >= 11 is 0. The molecule has 5 nitrogen and oxygen atoms in total. The van der Waals surface area contributed by atoms with Crippen molar-refractivity contribution in [2.24, 2.45) is 0 Å². The van der Waals surface area contributed by atoms with Crippen LogP contribution < -0.4 is 5.32 Å². The Kier molecular flexibility index (Phi) is 4.68. The number of likely N-dealkylation sites (tertiary alicyclic amines) is 1. The normalized spacial score (nSPS) is 17.1. The fourth-order valence-electron chi connectivity index (χ4n) is 3.45. The van der Waals surface area contributed by atoms with Crippen LogP contribution in [-0.4, -0.2) is 34.9 Å². The zero-order valence-electron chi connectivity index (χ0n) is 15.4. The Balaban J connectivity index is 1.49. The number of oxazole rings is 1. The lowest BCUT2D eigenvalue weighted by atomic mass is 10.0. The van der Waals surface area contributed by atoms with Crippen LogP contribution in [0.15, 0.2) is 40.8 Å². The Hall–Kier alpha value is -3.10. The topological polar surface area (TPSA) is 58.4 Å². The molecule has 1 atom stereocenters. The molecule has 0 radical (unpaired) electrons. The molecule has 2 aromatic carbocycles. The molecule has 3 aromatic rings. The molecule has 1 amide bonds. The highest BCUT2D eigenvalue weighted by molar-refractivity contribution is 5.96. The molecule has 9 heteroatoms. The third-order valence-corrected chi connectivity index (χ3v) is 4.86. The van der Waals surface area contributed by atoms with E-state index < -0.39 is 23.5 Å². The number of aromatic nitrogens is 1. The maximum atomic E-state index is 13.3. The molecule has 29 heavy (non-hydrogen) atoms. The number of nitrogens with one attached hydrogen (secondary N) is 1. The summed E-state index contributed by atoms with van der Waals surface area (Å²) < 4.78 is 58.6. The number of fused-ring (bicyclic) bond motifs is 1. The molecule has 0 aliphatic carbocycles. The van der Waals surface area contributed by atoms with Crippen molar-refractivity contribution in [3.63, 3.8) is 0 Å². The fourth-order valence-corrected chi connectivity index (χ4v) is 3.45. The van der Waals surface area contributed by atoms with Gasteiger partial charge in [-0.3, -0.25) is 4.79 Å². The SMILES string of the molecule is Cc1ccc(C(F)(F)F)c(C(=O)N2CCC(Nc3nc4ccc(F)cc4o3)C2)c1. The number of alkyl halides is 3. The van der Waals surface area contributed by atoms with Crippen LogP contribution in [0.4, 0.5) is 23.6 Å². The van der Waals surface area contributed by atoms with Crippen molar-refractivity contribution in [1.29, 1.82) is 0 Å². The largest absolute Gasteiger partial charge is 0.423 e. The van der Waals surface area contributed by atoms with Gasteiger partial charge < -0.3 is 14.6 Å². The molecular weight excluding hydrogens is 390 g/mol. The molecule has 1 saturated heterocycles. The predicted molar refractivity (Wildman–Crippen MR) is 98.1 cm³/mol. The van der Waals surface area contributed by atoms with Crippen LogP contribution in [-0.2, 0) is 6.18 Å². The number of hydrogen-bond donors (Lipinski definition) is 1. The van der Waals surface area contributed by atoms with E-state index in [0.29, 0.717) is 24.0 Å². The molecule has 4 rings (SSSR count). The van der Waals surface area contributed by atoms with Gasteiger partial charge in [0.05, 0.1) is 11.1 Å². The molecule has 0 saturated carbocycles. The van der Waals surface area contributed by atoms with Crippen molar-refractivity contribution in [2.75, 3.05) is 18.4 Å². The van der Waals surface area contributed by atoms with Crippen molar-refractivity contribution < 1.29 is 26.8 Å². The van der Waals surface area contributed by atoms with Gasteiger partial charge in [0.1, 0.15) is 11.3 Å². The van der Waals surface area contributed by atoms with Crippen molar-refractivity contribution in [3.05, 3.63) is 58.9 Å². The number of rotatable bonds is 3. The molecule has 152 valence electrons. The summed E-state index contributed by atoms with van der Waals surface area (Å²) in [6.45, 7) is 2.15. The Morgan fingerprint density at radius 3 is 2.79 bits per heavy atom. The Labute approximate surface area is 163 Å². The third-order valence-electron chi connectivity index (χ3n) is 4.86. The van der Waals surface area contributed by atoms with Gasteiger partial charge in [-0.15, -0.1) is 0 Å². The second kappa shape index (κ2) is 7.06. The molecular formula is C20H17F4N3O2. The number of halogens is 4. The minimum Gasteiger partial charge on any atom is -0.423 e. The van der Waals surface area contributed by atoms with E-state index in [-0.39, 0.29) is 29.7 Å². The van der Waals surface area contributed by atoms with Gasteiger partial charge in [0.2, 0.25) is 0 Å². The average molecular weight is 407 g/mol. The van der Waals surface area contributed by atoms with Gasteiger partial charge in [0.25, 0.3) is 11.9 Å². The molecule has 1 unspecified atom stereocenters. The number of carbonyl (C=O) groups is 1. The van der Waals surface area contributed by atoms with E-state index in [2.05, 4.69) is 10.3 Å². The minimum absolute atomic E-state index is 0.177. The van der Waals surface area contributed by atoms with Crippen molar-refractivity contribution in [1.82, 2.24) is 9.88 Å². The van der Waals surface area contributed by atoms with Crippen LogP contribution in [0.3, 0.4) is 0 Å². The van der Waals surface area contributed by atoms with Crippen molar-refractivity contribution in [3.8, 4) is 0 Å². The highest BCUT2D eigenvalue weighted by Crippen LogP contribution is 2.33. The van der Waals surface area contributed by atoms with Crippen LogP contribution in [0.1, 0.15) is 27.9 Å². The Morgan fingerprint density at radius 1 is 1.24 bits per heavy atom. The van der Waals surface area contributed by atoms with E-state index >= 15 is 0 Å². The van der Waals surface area contributed by atoms with Gasteiger partial charge >= 0.3 is 6.18 Å². The first-order valence-electron chi connectivity index (χ1n) is 9.00. The van der Waals surface area contributed by atoms with E-state index in [0.717, 1.165) is 6.07 Å². The first kappa shape index (κ1) is 19.2. The number of benzene rings is 2. The molecule has 1 aliphatic heterocycles. The number of carbonyl (C=O) groups excluding carboxylic acids is 1. The number of amides is 1. The lowest BCUT2D eigenvalue weighted by Gasteiger charge is -2.20. The zero-order valence-corrected chi connectivity index (χ0v) is 15.4. The molecule has 2 heterocycles. The number of nitrogens with zero attached hydrogens (tertiary/aromatic N) is 2. The molecule has 1 N–H and O–H groups in total. The monoisotopic (exact) mass is 407 g/mol. The van der Waals surface area contributed by atoms with Gasteiger partial charge in [-0.2, -0.15) is 18.2 Å². The van der Waals surface area contributed by atoms with Gasteiger partial charge in [0, 0.05) is 25.2 Å². The summed E-state index contributed by atoms with van der Waals surface area (Å²) in [5.41, 5.74) is 0.0531. The smallest absolute Gasteiger partial charge is 0.417 e. The molecule has 0 bridgehead atoms. The Bertz CT molecular complexity index is 1080. The van der Waals surface area contributed by atoms with E-state index in [1.807, 2.05) is 0 Å². The van der Waals surface area contributed by atoms with Crippen LogP contribution in [0.2, 0.25) is 0 Å². The summed E-state index contributed by atoms with van der Waals surface area (Å²) in [5, 5.41) is 3.03.